The van der Waals surface area contributed by atoms with Crippen LogP contribution in [0.5, 0.6) is 0 Å². The van der Waals surface area contributed by atoms with Crippen molar-refractivity contribution in [1.29, 1.82) is 0 Å². The molecule has 0 radical (unpaired) electrons. The maximum absolute atomic E-state index is 12.5. The molecule has 0 spiro atoms. The summed E-state index contributed by atoms with van der Waals surface area (Å²) in [6, 6.07) is 13.4. The van der Waals surface area contributed by atoms with Gasteiger partial charge in [0, 0.05) is 31.7 Å². The number of aryl methyl sites for hydroxylation is 1. The van der Waals surface area contributed by atoms with E-state index in [4.69, 9.17) is 4.74 Å². The molecular formula is C21H23N5O2. The fourth-order valence-electron chi connectivity index (χ4n) is 3.45. The van der Waals surface area contributed by atoms with Crippen LogP contribution in [0.3, 0.4) is 0 Å². The molecule has 1 saturated heterocycles. The third-order valence-corrected chi connectivity index (χ3v) is 4.84. The molecule has 0 aliphatic carbocycles. The molecule has 3 aromatic rings. The molecule has 28 heavy (non-hydrogen) atoms. The normalized spacial score (nSPS) is 18.8. The van der Waals surface area contributed by atoms with Crippen molar-refractivity contribution in [1.82, 2.24) is 25.4 Å². The number of nitrogens with one attached hydrogen (secondary N) is 2. The predicted octanol–water partition coefficient (Wildman–Crippen LogP) is 2.91. The van der Waals surface area contributed by atoms with E-state index in [1.54, 1.807) is 12.4 Å². The zero-order chi connectivity index (χ0) is 19.3. The van der Waals surface area contributed by atoms with Gasteiger partial charge < -0.3 is 15.4 Å². The fourth-order valence-corrected chi connectivity index (χ4v) is 3.45. The molecule has 1 aromatic carbocycles. The van der Waals surface area contributed by atoms with Gasteiger partial charge in [0.05, 0.1) is 17.4 Å². The lowest BCUT2D eigenvalue weighted by molar-refractivity contribution is 0.0998. The van der Waals surface area contributed by atoms with Crippen LogP contribution in [0.15, 0.2) is 61.1 Å². The molecule has 2 amide bonds. The number of benzene rings is 1. The van der Waals surface area contributed by atoms with Gasteiger partial charge in [0.25, 0.3) is 0 Å². The molecule has 2 atom stereocenters. The number of pyridine rings is 1. The van der Waals surface area contributed by atoms with Crippen molar-refractivity contribution in [2.45, 2.75) is 32.0 Å². The number of ether oxygens (including phenoxy) is 1. The Labute approximate surface area is 163 Å². The Bertz CT molecular complexity index is 941. The number of carbonyl (C=O) groups excluding carboxylic acids is 1. The summed E-state index contributed by atoms with van der Waals surface area (Å²) >= 11 is 0. The van der Waals surface area contributed by atoms with E-state index in [1.807, 2.05) is 60.3 Å². The van der Waals surface area contributed by atoms with Crippen LogP contribution in [0.1, 0.15) is 29.3 Å². The molecule has 4 rings (SSSR count). The van der Waals surface area contributed by atoms with Gasteiger partial charge in [0.1, 0.15) is 6.10 Å². The van der Waals surface area contributed by atoms with Gasteiger partial charge in [-0.05, 0) is 48.7 Å². The van der Waals surface area contributed by atoms with Crippen LogP contribution in [0.2, 0.25) is 0 Å². The highest BCUT2D eigenvalue weighted by Crippen LogP contribution is 2.28. The molecule has 1 aliphatic heterocycles. The van der Waals surface area contributed by atoms with Crippen molar-refractivity contribution in [2.75, 3.05) is 6.61 Å². The van der Waals surface area contributed by atoms with Gasteiger partial charge in [0.15, 0.2) is 0 Å². The molecule has 2 N–H and O–H groups in total. The first-order valence-corrected chi connectivity index (χ1v) is 9.37. The summed E-state index contributed by atoms with van der Waals surface area (Å²) in [5, 5.41) is 10.5. The Kier molecular flexibility index (Phi) is 5.34. The second-order valence-electron chi connectivity index (χ2n) is 6.82. The Morgan fingerprint density at radius 3 is 2.82 bits per heavy atom. The van der Waals surface area contributed by atoms with E-state index in [1.165, 1.54) is 0 Å². The number of rotatable bonds is 5. The van der Waals surface area contributed by atoms with Gasteiger partial charge in [-0.1, -0.05) is 18.2 Å². The van der Waals surface area contributed by atoms with E-state index in [2.05, 4.69) is 20.7 Å². The van der Waals surface area contributed by atoms with Gasteiger partial charge in [-0.2, -0.15) is 5.10 Å². The highest BCUT2D eigenvalue weighted by atomic mass is 16.5. The van der Waals surface area contributed by atoms with Crippen LogP contribution >= 0.6 is 0 Å². The minimum absolute atomic E-state index is 0.0635. The van der Waals surface area contributed by atoms with Crippen molar-refractivity contribution in [3.05, 3.63) is 77.9 Å². The van der Waals surface area contributed by atoms with Crippen LogP contribution in [0, 0.1) is 6.92 Å². The van der Waals surface area contributed by atoms with Gasteiger partial charge in [0.2, 0.25) is 0 Å². The highest BCUT2D eigenvalue weighted by Gasteiger charge is 2.30. The first-order valence-electron chi connectivity index (χ1n) is 9.37. The molecule has 7 nitrogen and oxygen atoms in total. The minimum atomic E-state index is -0.207. The van der Waals surface area contributed by atoms with E-state index in [0.717, 1.165) is 28.9 Å². The summed E-state index contributed by atoms with van der Waals surface area (Å²) in [5.41, 5.74) is 3.92. The topological polar surface area (TPSA) is 81.1 Å². The van der Waals surface area contributed by atoms with Gasteiger partial charge >= 0.3 is 6.03 Å². The third kappa shape index (κ3) is 4.04. The quantitative estimate of drug-likeness (QED) is 0.716. The van der Waals surface area contributed by atoms with Crippen molar-refractivity contribution in [2.24, 2.45) is 0 Å². The summed E-state index contributed by atoms with van der Waals surface area (Å²) in [5.74, 6) is 0. The number of urea groups is 1. The Hall–Kier alpha value is -3.19. The lowest BCUT2D eigenvalue weighted by atomic mass is 10.0. The molecule has 0 unspecified atom stereocenters. The second kappa shape index (κ2) is 8.22. The van der Waals surface area contributed by atoms with E-state index >= 15 is 0 Å². The lowest BCUT2D eigenvalue weighted by Gasteiger charge is -2.20. The molecule has 7 heteroatoms. The minimum Gasteiger partial charge on any atom is -0.371 e. The molecule has 1 fully saturated rings. The smallest absolute Gasteiger partial charge is 0.315 e. The van der Waals surface area contributed by atoms with Crippen LogP contribution in [-0.4, -0.2) is 33.4 Å². The number of amides is 2. The second-order valence-corrected chi connectivity index (χ2v) is 6.82. The first kappa shape index (κ1) is 18.2. The van der Waals surface area contributed by atoms with E-state index in [9.17, 15) is 4.79 Å². The van der Waals surface area contributed by atoms with Crippen LogP contribution in [0.4, 0.5) is 4.79 Å². The molecule has 3 heterocycles. The van der Waals surface area contributed by atoms with Gasteiger partial charge in [-0.25, -0.2) is 9.48 Å². The maximum atomic E-state index is 12.5. The third-order valence-electron chi connectivity index (χ3n) is 4.84. The molecule has 0 saturated carbocycles. The van der Waals surface area contributed by atoms with E-state index in [0.29, 0.717) is 13.2 Å². The van der Waals surface area contributed by atoms with Crippen molar-refractivity contribution < 1.29 is 9.53 Å². The standard InChI is InChI=1S/C21H23N5O2/c1-15-8-12-26(25-15)19-5-3-2-4-17(19)14-23-21(27)24-18-9-13-28-20(18)16-6-10-22-11-7-16/h2-8,10-12,18,20H,9,13-14H2,1H3,(H2,23,24,27)/t18-,20+/m1/s1. The average molecular weight is 377 g/mol. The van der Waals surface area contributed by atoms with Gasteiger partial charge in [-0.3, -0.25) is 4.98 Å². The molecule has 2 aromatic heterocycles. The number of para-hydroxylation sites is 1. The summed E-state index contributed by atoms with van der Waals surface area (Å²) in [4.78, 5) is 16.5. The predicted molar refractivity (Wildman–Crippen MR) is 105 cm³/mol. The van der Waals surface area contributed by atoms with Crippen molar-refractivity contribution in [3.63, 3.8) is 0 Å². The zero-order valence-electron chi connectivity index (χ0n) is 15.7. The maximum Gasteiger partial charge on any atom is 0.315 e. The summed E-state index contributed by atoms with van der Waals surface area (Å²) in [6.07, 6.45) is 6.03. The molecule has 144 valence electrons. The molecule has 0 bridgehead atoms. The Morgan fingerprint density at radius 2 is 2.04 bits per heavy atom. The number of hydrogen-bond acceptors (Lipinski definition) is 4. The Balaban J connectivity index is 1.39. The summed E-state index contributed by atoms with van der Waals surface area (Å²) in [6.45, 7) is 2.99. The first-order chi connectivity index (χ1) is 13.7. The summed E-state index contributed by atoms with van der Waals surface area (Å²) < 4.78 is 7.64. The molecule has 1 aliphatic rings. The number of carbonyl (C=O) groups is 1. The lowest BCUT2D eigenvalue weighted by Crippen LogP contribution is -2.43. The monoisotopic (exact) mass is 377 g/mol. The van der Waals surface area contributed by atoms with E-state index < -0.39 is 0 Å². The average Bonchev–Trinajstić information content (AvgIpc) is 3.36. The fraction of sp³-hybridized carbons (Fsp3) is 0.286. The number of aromatic nitrogens is 3. The molecular weight excluding hydrogens is 354 g/mol. The number of nitrogens with zero attached hydrogens (tertiary/aromatic N) is 3. The van der Waals surface area contributed by atoms with Crippen molar-refractivity contribution >= 4 is 6.03 Å². The summed E-state index contributed by atoms with van der Waals surface area (Å²) in [7, 11) is 0. The van der Waals surface area contributed by atoms with Crippen LogP contribution < -0.4 is 10.6 Å². The SMILES string of the molecule is Cc1ccn(-c2ccccc2CNC(=O)N[C@@H]2CCO[C@H]2c2ccncc2)n1. The number of hydrogen-bond donors (Lipinski definition) is 2. The van der Waals surface area contributed by atoms with Gasteiger partial charge in [-0.15, -0.1) is 0 Å². The van der Waals surface area contributed by atoms with Crippen LogP contribution in [0.25, 0.3) is 5.69 Å². The van der Waals surface area contributed by atoms with E-state index in [-0.39, 0.29) is 18.2 Å². The largest absolute Gasteiger partial charge is 0.371 e. The van der Waals surface area contributed by atoms with Crippen LogP contribution in [-0.2, 0) is 11.3 Å². The zero-order valence-corrected chi connectivity index (χ0v) is 15.7. The Morgan fingerprint density at radius 1 is 1.21 bits per heavy atom. The highest BCUT2D eigenvalue weighted by molar-refractivity contribution is 5.74. The van der Waals surface area contributed by atoms with Crippen molar-refractivity contribution in [3.8, 4) is 5.69 Å².